The molecule has 0 bridgehead atoms. The third-order valence-electron chi connectivity index (χ3n) is 7.48. The molecule has 3 aliphatic rings. The van der Waals surface area contributed by atoms with Gasteiger partial charge in [-0.05, 0) is 61.8 Å². The lowest BCUT2D eigenvalue weighted by Gasteiger charge is -2.54. The van der Waals surface area contributed by atoms with E-state index in [1.165, 1.54) is 0 Å². The fraction of sp³-hybridized carbons (Fsp3) is 0.409. The number of rotatable bonds is 2. The maximum absolute atomic E-state index is 13.0. The Hall–Kier alpha value is -2.20. The van der Waals surface area contributed by atoms with Gasteiger partial charge in [0.05, 0.1) is 10.5 Å². The van der Waals surface area contributed by atoms with Crippen LogP contribution in [0.15, 0.2) is 47.6 Å². The van der Waals surface area contributed by atoms with E-state index < -0.39 is 22.7 Å². The number of nitrogens with one attached hydrogen (secondary N) is 1. The number of aromatic amines is 1. The van der Waals surface area contributed by atoms with Crippen molar-refractivity contribution < 1.29 is 18.1 Å². The summed E-state index contributed by atoms with van der Waals surface area (Å²) < 4.78 is 33.7. The van der Waals surface area contributed by atoms with Gasteiger partial charge in [0.15, 0.2) is 0 Å². The predicted octanol–water partition coefficient (Wildman–Crippen LogP) is 2.05. The molecule has 1 aromatic carbocycles. The van der Waals surface area contributed by atoms with Crippen LogP contribution in [0.3, 0.4) is 0 Å². The molecule has 0 amide bonds. The molecule has 31 heavy (non-hydrogen) atoms. The lowest BCUT2D eigenvalue weighted by Crippen LogP contribution is -2.60. The standard InChI is InChI=1S/C22H24BN3O4S/c1-15-2-4-16(5-3-15)31(28,29)26-13-21(14-26)7-9-22(10-8-21)19-17-6-11-24-20(17)25-12-18(19)23(27)30-22/h2-6,11-12,27H,7-10,13-14H2,1H3,(H,24,25). The zero-order valence-electron chi connectivity index (χ0n) is 17.3. The number of aryl methyl sites for hydroxylation is 1. The van der Waals surface area contributed by atoms with Gasteiger partial charge in [0.25, 0.3) is 0 Å². The molecule has 2 fully saturated rings. The first-order valence-corrected chi connectivity index (χ1v) is 12.2. The maximum atomic E-state index is 13.0. The van der Waals surface area contributed by atoms with E-state index in [1.807, 2.05) is 31.3 Å². The third-order valence-corrected chi connectivity index (χ3v) is 9.28. The summed E-state index contributed by atoms with van der Waals surface area (Å²) in [6, 6.07) is 9.04. The molecule has 2 aromatic heterocycles. The molecule has 0 atom stereocenters. The molecule has 0 unspecified atom stereocenters. The van der Waals surface area contributed by atoms with Gasteiger partial charge in [-0.1, -0.05) is 17.7 Å². The van der Waals surface area contributed by atoms with Crippen molar-refractivity contribution >= 4 is 33.6 Å². The van der Waals surface area contributed by atoms with Gasteiger partial charge < -0.3 is 14.7 Å². The molecule has 3 aromatic rings. The van der Waals surface area contributed by atoms with Crippen LogP contribution in [0.2, 0.25) is 0 Å². The fourth-order valence-corrected chi connectivity index (χ4v) is 7.32. The van der Waals surface area contributed by atoms with Crippen LogP contribution in [0.4, 0.5) is 0 Å². The number of hydrogen-bond acceptors (Lipinski definition) is 5. The summed E-state index contributed by atoms with van der Waals surface area (Å²) in [5.41, 5.74) is 3.10. The van der Waals surface area contributed by atoms with Gasteiger partial charge in [0.1, 0.15) is 5.65 Å². The van der Waals surface area contributed by atoms with Crippen LogP contribution in [-0.2, 0) is 20.3 Å². The van der Waals surface area contributed by atoms with Crippen molar-refractivity contribution in [1.29, 1.82) is 0 Å². The van der Waals surface area contributed by atoms with E-state index in [0.29, 0.717) is 18.0 Å². The zero-order valence-corrected chi connectivity index (χ0v) is 18.2. The molecule has 2 N–H and O–H groups in total. The lowest BCUT2D eigenvalue weighted by atomic mass is 9.63. The van der Waals surface area contributed by atoms with Crippen LogP contribution >= 0.6 is 0 Å². The molecule has 1 saturated carbocycles. The number of fused-ring (bicyclic) bond motifs is 4. The minimum absolute atomic E-state index is 0.00955. The largest absolute Gasteiger partial charge is 0.493 e. The summed E-state index contributed by atoms with van der Waals surface area (Å²) in [5.74, 6) is 0. The predicted molar refractivity (Wildman–Crippen MR) is 117 cm³/mol. The summed E-state index contributed by atoms with van der Waals surface area (Å²) in [6.07, 6.45) is 6.83. The van der Waals surface area contributed by atoms with E-state index in [9.17, 15) is 13.4 Å². The molecule has 160 valence electrons. The van der Waals surface area contributed by atoms with Crippen LogP contribution < -0.4 is 5.46 Å². The van der Waals surface area contributed by atoms with E-state index in [4.69, 9.17) is 4.65 Å². The summed E-state index contributed by atoms with van der Waals surface area (Å²) >= 11 is 0. The highest BCUT2D eigenvalue weighted by atomic mass is 32.2. The van der Waals surface area contributed by atoms with E-state index in [-0.39, 0.29) is 5.41 Å². The monoisotopic (exact) mass is 437 g/mol. The van der Waals surface area contributed by atoms with Crippen molar-refractivity contribution in [2.24, 2.45) is 5.41 Å². The molecule has 2 spiro atoms. The maximum Gasteiger partial charge on any atom is 0.493 e. The Balaban J connectivity index is 1.23. The quantitative estimate of drug-likeness (QED) is 0.599. The molecule has 0 radical (unpaired) electrons. The smallest absolute Gasteiger partial charge is 0.423 e. The summed E-state index contributed by atoms with van der Waals surface area (Å²) in [6.45, 7) is 3.04. The average Bonchev–Trinajstić information content (AvgIpc) is 3.30. The Morgan fingerprint density at radius 1 is 1.13 bits per heavy atom. The second-order valence-electron chi connectivity index (χ2n) is 9.38. The molecule has 2 aliphatic heterocycles. The SMILES string of the molecule is Cc1ccc(S(=O)(=O)N2CC3(CCC4(CC3)OB(O)c3cnc5[nH]ccc5c34)C2)cc1. The molecule has 9 heteroatoms. The van der Waals surface area contributed by atoms with Crippen LogP contribution in [0, 0.1) is 12.3 Å². The van der Waals surface area contributed by atoms with E-state index >= 15 is 0 Å². The van der Waals surface area contributed by atoms with Crippen LogP contribution in [0.5, 0.6) is 0 Å². The van der Waals surface area contributed by atoms with Gasteiger partial charge in [-0.2, -0.15) is 4.31 Å². The van der Waals surface area contributed by atoms with Crippen LogP contribution in [-0.4, -0.2) is 47.9 Å². The topological polar surface area (TPSA) is 95.5 Å². The van der Waals surface area contributed by atoms with Gasteiger partial charge in [-0.3, -0.25) is 0 Å². The number of nitrogens with zero attached hydrogens (tertiary/aromatic N) is 2. The highest BCUT2D eigenvalue weighted by molar-refractivity contribution is 7.89. The number of H-pyrrole nitrogens is 1. The van der Waals surface area contributed by atoms with Gasteiger partial charge in [0.2, 0.25) is 10.0 Å². The van der Waals surface area contributed by atoms with Gasteiger partial charge in [0, 0.05) is 36.3 Å². The molecule has 4 heterocycles. The molecular weight excluding hydrogens is 413 g/mol. The molecular formula is C22H24BN3O4S. The fourth-order valence-electron chi connectivity index (χ4n) is 5.65. The van der Waals surface area contributed by atoms with Crippen molar-refractivity contribution in [3.63, 3.8) is 0 Å². The van der Waals surface area contributed by atoms with Crippen molar-refractivity contribution in [2.45, 2.75) is 43.1 Å². The Kier molecular flexibility index (Phi) is 4.03. The first kappa shape index (κ1) is 19.5. The average molecular weight is 437 g/mol. The Bertz CT molecular complexity index is 1270. The second-order valence-corrected chi connectivity index (χ2v) is 11.3. The van der Waals surface area contributed by atoms with E-state index in [1.54, 1.807) is 22.6 Å². The Morgan fingerprint density at radius 3 is 2.55 bits per heavy atom. The van der Waals surface area contributed by atoms with Crippen LogP contribution in [0.1, 0.15) is 36.8 Å². The number of benzene rings is 1. The first-order valence-electron chi connectivity index (χ1n) is 10.7. The number of aromatic nitrogens is 2. The Labute approximate surface area is 181 Å². The molecule has 7 nitrogen and oxygen atoms in total. The summed E-state index contributed by atoms with van der Waals surface area (Å²) in [5, 5.41) is 11.5. The highest BCUT2D eigenvalue weighted by Gasteiger charge is 2.57. The Morgan fingerprint density at radius 2 is 1.84 bits per heavy atom. The normalized spacial score (nSPS) is 22.2. The van der Waals surface area contributed by atoms with Crippen molar-refractivity contribution in [3.05, 3.63) is 53.9 Å². The first-order chi connectivity index (χ1) is 14.8. The lowest BCUT2D eigenvalue weighted by molar-refractivity contribution is -0.0596. The highest BCUT2D eigenvalue weighted by Crippen LogP contribution is 2.54. The van der Waals surface area contributed by atoms with Crippen molar-refractivity contribution in [3.8, 4) is 0 Å². The van der Waals surface area contributed by atoms with Gasteiger partial charge in [-0.15, -0.1) is 0 Å². The summed E-state index contributed by atoms with van der Waals surface area (Å²) in [4.78, 5) is 7.90. The van der Waals surface area contributed by atoms with Gasteiger partial charge >= 0.3 is 7.12 Å². The van der Waals surface area contributed by atoms with Crippen molar-refractivity contribution in [2.75, 3.05) is 13.1 Å². The second kappa shape index (κ2) is 6.42. The van der Waals surface area contributed by atoms with E-state index in [0.717, 1.165) is 53.3 Å². The molecule has 1 saturated heterocycles. The van der Waals surface area contributed by atoms with Gasteiger partial charge in [-0.25, -0.2) is 13.4 Å². The number of sulfonamides is 1. The van der Waals surface area contributed by atoms with E-state index in [2.05, 4.69) is 9.97 Å². The zero-order chi connectivity index (χ0) is 21.4. The third kappa shape index (κ3) is 2.77. The minimum Gasteiger partial charge on any atom is -0.423 e. The number of pyridine rings is 1. The molecule has 1 aliphatic carbocycles. The van der Waals surface area contributed by atoms with Crippen LogP contribution in [0.25, 0.3) is 11.0 Å². The summed E-state index contributed by atoms with van der Waals surface area (Å²) in [7, 11) is -4.41. The molecule has 6 rings (SSSR count). The number of hydrogen-bond donors (Lipinski definition) is 2. The minimum atomic E-state index is -3.45. The van der Waals surface area contributed by atoms with Crippen molar-refractivity contribution in [1.82, 2.24) is 14.3 Å².